The zero-order chi connectivity index (χ0) is 15.4. The Labute approximate surface area is 123 Å². The summed E-state index contributed by atoms with van der Waals surface area (Å²) < 4.78 is 0. The molecule has 0 saturated carbocycles. The number of rotatable bonds is 3. The smallest absolute Gasteiger partial charge is 0.316 e. The van der Waals surface area contributed by atoms with Crippen LogP contribution in [0.15, 0.2) is 42.5 Å². The Morgan fingerprint density at radius 1 is 1.00 bits per heavy atom. The number of anilines is 2. The van der Waals surface area contributed by atoms with E-state index >= 15 is 0 Å². The molecule has 0 atom stereocenters. The maximum atomic E-state index is 12.2. The van der Waals surface area contributed by atoms with Gasteiger partial charge < -0.3 is 16.4 Å². The third-order valence-electron chi connectivity index (χ3n) is 3.02. The van der Waals surface area contributed by atoms with Gasteiger partial charge in [-0.2, -0.15) is 0 Å². The van der Waals surface area contributed by atoms with Crippen LogP contribution in [-0.4, -0.2) is 11.9 Å². The first kappa shape index (κ1) is 14.6. The molecule has 2 aromatic rings. The average Bonchev–Trinajstić information content (AvgIpc) is 2.41. The quantitative estimate of drug-likeness (QED) is 0.808. The molecule has 0 spiro atoms. The van der Waals surface area contributed by atoms with Crippen LogP contribution in [0.25, 0.3) is 0 Å². The molecule has 0 unspecified atom stereocenters. The molecular weight excluding hydrogens is 266 g/mol. The van der Waals surface area contributed by atoms with E-state index in [1.165, 1.54) is 0 Å². The molecule has 0 bridgehead atoms. The van der Waals surface area contributed by atoms with Gasteiger partial charge in [-0.3, -0.25) is 4.79 Å². The number of primary amides is 1. The van der Waals surface area contributed by atoms with Crippen molar-refractivity contribution in [1.82, 2.24) is 0 Å². The normalized spacial score (nSPS) is 10.0. The second-order valence-corrected chi connectivity index (χ2v) is 4.84. The van der Waals surface area contributed by atoms with E-state index in [1.807, 2.05) is 32.0 Å². The molecule has 0 aliphatic rings. The van der Waals surface area contributed by atoms with Gasteiger partial charge in [-0.15, -0.1) is 0 Å². The van der Waals surface area contributed by atoms with Crippen LogP contribution in [0, 0.1) is 13.8 Å². The van der Waals surface area contributed by atoms with Crippen molar-refractivity contribution in [1.29, 1.82) is 0 Å². The molecular formula is C16H17N3O2. The fraction of sp³-hybridized carbons (Fsp3) is 0.125. The molecule has 2 aromatic carbocycles. The van der Waals surface area contributed by atoms with Crippen LogP contribution in [0.2, 0.25) is 0 Å². The van der Waals surface area contributed by atoms with Crippen LogP contribution in [0.1, 0.15) is 21.5 Å². The number of benzene rings is 2. The van der Waals surface area contributed by atoms with Crippen molar-refractivity contribution in [3.8, 4) is 0 Å². The van der Waals surface area contributed by atoms with Crippen molar-refractivity contribution < 1.29 is 9.59 Å². The molecule has 5 nitrogen and oxygen atoms in total. The molecule has 5 heteroatoms. The average molecular weight is 283 g/mol. The summed E-state index contributed by atoms with van der Waals surface area (Å²) in [6.45, 7) is 3.94. The van der Waals surface area contributed by atoms with Gasteiger partial charge in [-0.25, -0.2) is 4.79 Å². The summed E-state index contributed by atoms with van der Waals surface area (Å²) >= 11 is 0. The number of amides is 3. The van der Waals surface area contributed by atoms with E-state index in [0.29, 0.717) is 11.3 Å². The molecule has 0 aliphatic heterocycles. The minimum absolute atomic E-state index is 0.241. The van der Waals surface area contributed by atoms with Crippen molar-refractivity contribution in [2.24, 2.45) is 5.73 Å². The highest BCUT2D eigenvalue weighted by Crippen LogP contribution is 2.18. The topological polar surface area (TPSA) is 84.2 Å². The van der Waals surface area contributed by atoms with E-state index in [0.717, 1.165) is 16.8 Å². The Hall–Kier alpha value is -2.82. The summed E-state index contributed by atoms with van der Waals surface area (Å²) in [5, 5.41) is 5.29. The van der Waals surface area contributed by atoms with Crippen molar-refractivity contribution >= 4 is 23.3 Å². The van der Waals surface area contributed by atoms with Gasteiger partial charge in [0.1, 0.15) is 0 Å². The molecule has 4 N–H and O–H groups in total. The maximum absolute atomic E-state index is 12.2. The summed E-state index contributed by atoms with van der Waals surface area (Å²) in [5.74, 6) is -0.241. The number of hydrogen-bond acceptors (Lipinski definition) is 2. The van der Waals surface area contributed by atoms with E-state index in [9.17, 15) is 9.59 Å². The number of hydrogen-bond donors (Lipinski definition) is 3. The van der Waals surface area contributed by atoms with Gasteiger partial charge in [0.05, 0.1) is 0 Å². The second-order valence-electron chi connectivity index (χ2n) is 4.84. The zero-order valence-electron chi connectivity index (χ0n) is 11.9. The largest absolute Gasteiger partial charge is 0.351 e. The lowest BCUT2D eigenvalue weighted by Gasteiger charge is -2.10. The first-order valence-corrected chi connectivity index (χ1v) is 6.51. The lowest BCUT2D eigenvalue weighted by atomic mass is 10.1. The first-order chi connectivity index (χ1) is 9.95. The molecule has 108 valence electrons. The summed E-state index contributed by atoms with van der Waals surface area (Å²) in [5.41, 5.74) is 8.88. The van der Waals surface area contributed by atoms with Crippen molar-refractivity contribution in [3.05, 3.63) is 59.2 Å². The maximum Gasteiger partial charge on any atom is 0.316 e. The standard InChI is InChI=1S/C16H17N3O2/c1-10-6-7-14(11(2)8-10)19-15(20)12-4-3-5-13(9-12)18-16(17)21/h3-9H,1-2H3,(H,19,20)(H3,17,18,21). The van der Waals surface area contributed by atoms with Crippen molar-refractivity contribution in [2.75, 3.05) is 10.6 Å². The van der Waals surface area contributed by atoms with Crippen LogP contribution in [-0.2, 0) is 0 Å². The fourth-order valence-electron chi connectivity index (χ4n) is 2.03. The molecule has 3 amide bonds. The van der Waals surface area contributed by atoms with Crippen LogP contribution in [0.4, 0.5) is 16.2 Å². The molecule has 0 aliphatic carbocycles. The Morgan fingerprint density at radius 3 is 2.43 bits per heavy atom. The molecule has 21 heavy (non-hydrogen) atoms. The molecule has 0 aromatic heterocycles. The van der Waals surface area contributed by atoms with Gasteiger partial charge in [0.15, 0.2) is 0 Å². The molecule has 0 heterocycles. The molecule has 0 saturated heterocycles. The van der Waals surface area contributed by atoms with Crippen LogP contribution in [0.3, 0.4) is 0 Å². The number of carbonyl (C=O) groups is 2. The Kier molecular flexibility index (Phi) is 4.23. The zero-order valence-corrected chi connectivity index (χ0v) is 11.9. The number of nitrogens with two attached hydrogens (primary N) is 1. The van der Waals surface area contributed by atoms with Crippen molar-refractivity contribution in [2.45, 2.75) is 13.8 Å². The number of aryl methyl sites for hydroxylation is 2. The van der Waals surface area contributed by atoms with Gasteiger partial charge in [0.25, 0.3) is 5.91 Å². The van der Waals surface area contributed by atoms with E-state index in [2.05, 4.69) is 10.6 Å². The predicted molar refractivity (Wildman–Crippen MR) is 83.5 cm³/mol. The Bertz CT molecular complexity index is 696. The Balaban J connectivity index is 2.18. The van der Waals surface area contributed by atoms with Gasteiger partial charge in [0, 0.05) is 16.9 Å². The number of nitrogens with one attached hydrogen (secondary N) is 2. The summed E-state index contributed by atoms with van der Waals surface area (Å²) in [4.78, 5) is 23.1. The van der Waals surface area contributed by atoms with Crippen LogP contribution < -0.4 is 16.4 Å². The highest BCUT2D eigenvalue weighted by molar-refractivity contribution is 6.05. The SMILES string of the molecule is Cc1ccc(NC(=O)c2cccc(NC(N)=O)c2)c(C)c1. The third kappa shape index (κ3) is 3.82. The second kappa shape index (κ2) is 6.09. The lowest BCUT2D eigenvalue weighted by Crippen LogP contribution is -2.20. The summed E-state index contributed by atoms with van der Waals surface area (Å²) in [7, 11) is 0. The monoisotopic (exact) mass is 283 g/mol. The molecule has 0 fully saturated rings. The fourth-order valence-corrected chi connectivity index (χ4v) is 2.03. The highest BCUT2D eigenvalue weighted by atomic mass is 16.2. The minimum Gasteiger partial charge on any atom is -0.351 e. The lowest BCUT2D eigenvalue weighted by molar-refractivity contribution is 0.102. The van der Waals surface area contributed by atoms with E-state index in [-0.39, 0.29) is 5.91 Å². The van der Waals surface area contributed by atoms with Gasteiger partial charge >= 0.3 is 6.03 Å². The number of urea groups is 1. The van der Waals surface area contributed by atoms with Crippen LogP contribution >= 0.6 is 0 Å². The molecule has 2 rings (SSSR count). The van der Waals surface area contributed by atoms with E-state index in [4.69, 9.17) is 5.73 Å². The van der Waals surface area contributed by atoms with Gasteiger partial charge in [0.2, 0.25) is 0 Å². The van der Waals surface area contributed by atoms with Crippen molar-refractivity contribution in [3.63, 3.8) is 0 Å². The summed E-state index contributed by atoms with van der Waals surface area (Å²) in [6, 6.07) is 11.7. The van der Waals surface area contributed by atoms with E-state index in [1.54, 1.807) is 24.3 Å². The Morgan fingerprint density at radius 2 is 1.76 bits per heavy atom. The predicted octanol–water partition coefficient (Wildman–Crippen LogP) is 3.05. The summed E-state index contributed by atoms with van der Waals surface area (Å²) in [6.07, 6.45) is 0. The number of carbonyl (C=O) groups excluding carboxylic acids is 2. The minimum atomic E-state index is -0.665. The van der Waals surface area contributed by atoms with Gasteiger partial charge in [-0.1, -0.05) is 23.8 Å². The first-order valence-electron chi connectivity index (χ1n) is 6.51. The molecule has 0 radical (unpaired) electrons. The van der Waals surface area contributed by atoms with Crippen LogP contribution in [0.5, 0.6) is 0 Å². The highest BCUT2D eigenvalue weighted by Gasteiger charge is 2.09. The third-order valence-corrected chi connectivity index (χ3v) is 3.02. The van der Waals surface area contributed by atoms with E-state index < -0.39 is 6.03 Å². The van der Waals surface area contributed by atoms with Gasteiger partial charge in [-0.05, 0) is 43.7 Å².